The number of aromatic nitrogens is 3. The van der Waals surface area contributed by atoms with Crippen LogP contribution in [-0.4, -0.2) is 20.1 Å². The van der Waals surface area contributed by atoms with E-state index in [-0.39, 0.29) is 6.61 Å². The number of aliphatic hydroxyl groups is 1. The zero-order valence-corrected chi connectivity index (χ0v) is 10.0. The average Bonchev–Trinajstić information content (AvgIpc) is 2.74. The van der Waals surface area contributed by atoms with Gasteiger partial charge >= 0.3 is 0 Å². The molecule has 4 nitrogen and oxygen atoms in total. The summed E-state index contributed by atoms with van der Waals surface area (Å²) in [5.41, 5.74) is 2.93. The highest BCUT2D eigenvalue weighted by Gasteiger charge is 2.11. The highest BCUT2D eigenvalue weighted by molar-refractivity contribution is 5.17. The smallest absolute Gasteiger partial charge is 0.111 e. The Morgan fingerprint density at radius 2 is 2.00 bits per heavy atom. The lowest BCUT2D eigenvalue weighted by atomic mass is 10.2. The third kappa shape index (κ3) is 2.71. The Kier molecular flexibility index (Phi) is 3.88. The molecule has 0 radical (unpaired) electrons. The van der Waals surface area contributed by atoms with Crippen LogP contribution in [0, 0.1) is 0 Å². The highest BCUT2D eigenvalue weighted by atomic mass is 16.3. The summed E-state index contributed by atoms with van der Waals surface area (Å²) in [6, 6.07) is 10.2. The van der Waals surface area contributed by atoms with Crippen molar-refractivity contribution in [3.63, 3.8) is 0 Å². The summed E-state index contributed by atoms with van der Waals surface area (Å²) in [5.74, 6) is 0. The van der Waals surface area contributed by atoms with Crippen LogP contribution in [0.3, 0.4) is 0 Å². The molecule has 0 saturated carbocycles. The molecule has 1 heterocycles. The van der Waals surface area contributed by atoms with Crippen molar-refractivity contribution in [2.24, 2.45) is 0 Å². The summed E-state index contributed by atoms with van der Waals surface area (Å²) in [7, 11) is 0. The van der Waals surface area contributed by atoms with Crippen molar-refractivity contribution in [3.05, 3.63) is 47.3 Å². The molecule has 0 saturated heterocycles. The van der Waals surface area contributed by atoms with E-state index >= 15 is 0 Å². The van der Waals surface area contributed by atoms with Gasteiger partial charge in [-0.1, -0.05) is 48.9 Å². The second-order valence-corrected chi connectivity index (χ2v) is 4.03. The second-order valence-electron chi connectivity index (χ2n) is 4.03. The molecule has 0 aliphatic rings. The molecule has 1 N–H and O–H groups in total. The van der Waals surface area contributed by atoms with Crippen molar-refractivity contribution < 1.29 is 5.11 Å². The third-order valence-electron chi connectivity index (χ3n) is 2.73. The Labute approximate surface area is 101 Å². The van der Waals surface area contributed by atoms with Crippen LogP contribution in [0.2, 0.25) is 0 Å². The zero-order valence-electron chi connectivity index (χ0n) is 10.0. The normalized spacial score (nSPS) is 10.7. The number of rotatable bonds is 5. The fourth-order valence-corrected chi connectivity index (χ4v) is 1.89. The summed E-state index contributed by atoms with van der Waals surface area (Å²) < 4.78 is 1.88. The zero-order chi connectivity index (χ0) is 12.1. The van der Waals surface area contributed by atoms with Crippen molar-refractivity contribution in [1.29, 1.82) is 0 Å². The summed E-state index contributed by atoms with van der Waals surface area (Å²) in [6.45, 7) is 2.79. The van der Waals surface area contributed by atoms with Gasteiger partial charge in [-0.2, -0.15) is 0 Å². The number of hydrogen-bond acceptors (Lipinski definition) is 3. The SMILES string of the molecule is CCCc1c(CO)nnn1Cc1ccccc1. The predicted octanol–water partition coefficient (Wildman–Crippen LogP) is 1.77. The molecule has 0 unspecified atom stereocenters. The molecule has 0 amide bonds. The van der Waals surface area contributed by atoms with E-state index in [0.29, 0.717) is 12.2 Å². The topological polar surface area (TPSA) is 50.9 Å². The van der Waals surface area contributed by atoms with E-state index in [4.69, 9.17) is 0 Å². The Morgan fingerprint density at radius 1 is 1.24 bits per heavy atom. The molecule has 0 bridgehead atoms. The van der Waals surface area contributed by atoms with Crippen LogP contribution in [-0.2, 0) is 19.6 Å². The predicted molar refractivity (Wildman–Crippen MR) is 65.5 cm³/mol. The molecular formula is C13H17N3O. The van der Waals surface area contributed by atoms with Gasteiger partial charge in [0.05, 0.1) is 18.8 Å². The van der Waals surface area contributed by atoms with Gasteiger partial charge in [0.2, 0.25) is 0 Å². The Morgan fingerprint density at radius 3 is 2.65 bits per heavy atom. The molecule has 90 valence electrons. The summed E-state index contributed by atoms with van der Waals surface area (Å²) in [4.78, 5) is 0. The van der Waals surface area contributed by atoms with Crippen LogP contribution in [0.1, 0.15) is 30.3 Å². The Hall–Kier alpha value is -1.68. The van der Waals surface area contributed by atoms with Gasteiger partial charge in [0, 0.05) is 0 Å². The second kappa shape index (κ2) is 5.59. The van der Waals surface area contributed by atoms with Crippen molar-refractivity contribution in [2.45, 2.75) is 32.9 Å². The first-order chi connectivity index (χ1) is 8.35. The minimum atomic E-state index is -0.0376. The first kappa shape index (κ1) is 11.8. The minimum Gasteiger partial charge on any atom is -0.390 e. The van der Waals surface area contributed by atoms with Crippen LogP contribution in [0.25, 0.3) is 0 Å². The molecule has 4 heteroatoms. The first-order valence-corrected chi connectivity index (χ1v) is 5.91. The van der Waals surface area contributed by atoms with E-state index in [1.165, 1.54) is 5.56 Å². The maximum atomic E-state index is 9.21. The van der Waals surface area contributed by atoms with E-state index in [1.54, 1.807) is 0 Å². The lowest BCUT2D eigenvalue weighted by molar-refractivity contribution is 0.275. The van der Waals surface area contributed by atoms with Crippen molar-refractivity contribution in [2.75, 3.05) is 0 Å². The van der Waals surface area contributed by atoms with Crippen LogP contribution in [0.15, 0.2) is 30.3 Å². The lowest BCUT2D eigenvalue weighted by Crippen LogP contribution is -2.07. The Bertz CT molecular complexity index is 465. The summed E-state index contributed by atoms with van der Waals surface area (Å²) in [6.07, 6.45) is 1.92. The molecule has 0 spiro atoms. The van der Waals surface area contributed by atoms with Gasteiger partial charge in [-0.15, -0.1) is 5.10 Å². The summed E-state index contributed by atoms with van der Waals surface area (Å²) in [5, 5.41) is 17.3. The maximum absolute atomic E-state index is 9.21. The van der Waals surface area contributed by atoms with E-state index < -0.39 is 0 Å². The molecule has 0 atom stereocenters. The molecule has 2 aromatic rings. The van der Waals surface area contributed by atoms with Crippen molar-refractivity contribution >= 4 is 0 Å². The van der Waals surface area contributed by atoms with Crippen molar-refractivity contribution in [1.82, 2.24) is 15.0 Å². The third-order valence-corrected chi connectivity index (χ3v) is 2.73. The van der Waals surface area contributed by atoms with Gasteiger partial charge in [0.1, 0.15) is 5.69 Å². The van der Waals surface area contributed by atoms with Crippen LogP contribution < -0.4 is 0 Å². The molecule has 0 aliphatic carbocycles. The fourth-order valence-electron chi connectivity index (χ4n) is 1.89. The lowest BCUT2D eigenvalue weighted by Gasteiger charge is -2.06. The van der Waals surface area contributed by atoms with Crippen LogP contribution in [0.4, 0.5) is 0 Å². The average molecular weight is 231 g/mol. The number of benzene rings is 1. The van der Waals surface area contributed by atoms with Gasteiger partial charge in [0.25, 0.3) is 0 Å². The minimum absolute atomic E-state index is 0.0376. The molecule has 1 aromatic carbocycles. The van der Waals surface area contributed by atoms with Gasteiger partial charge in [-0.3, -0.25) is 0 Å². The van der Waals surface area contributed by atoms with Crippen LogP contribution >= 0.6 is 0 Å². The first-order valence-electron chi connectivity index (χ1n) is 5.91. The largest absolute Gasteiger partial charge is 0.390 e. The fraction of sp³-hybridized carbons (Fsp3) is 0.385. The highest BCUT2D eigenvalue weighted by Crippen LogP contribution is 2.11. The van der Waals surface area contributed by atoms with Gasteiger partial charge < -0.3 is 5.11 Å². The molecular weight excluding hydrogens is 214 g/mol. The molecule has 0 aliphatic heterocycles. The van der Waals surface area contributed by atoms with E-state index in [1.807, 2.05) is 22.9 Å². The number of hydrogen-bond donors (Lipinski definition) is 1. The van der Waals surface area contributed by atoms with Gasteiger partial charge in [-0.25, -0.2) is 4.68 Å². The van der Waals surface area contributed by atoms with Gasteiger partial charge in [0.15, 0.2) is 0 Å². The van der Waals surface area contributed by atoms with E-state index in [2.05, 4.69) is 29.4 Å². The molecule has 2 rings (SSSR count). The van der Waals surface area contributed by atoms with E-state index in [0.717, 1.165) is 18.5 Å². The van der Waals surface area contributed by atoms with E-state index in [9.17, 15) is 5.11 Å². The molecule has 17 heavy (non-hydrogen) atoms. The van der Waals surface area contributed by atoms with Crippen LogP contribution in [0.5, 0.6) is 0 Å². The molecule has 0 fully saturated rings. The van der Waals surface area contributed by atoms with Crippen molar-refractivity contribution in [3.8, 4) is 0 Å². The quantitative estimate of drug-likeness (QED) is 0.853. The number of aliphatic hydroxyl groups excluding tert-OH is 1. The monoisotopic (exact) mass is 231 g/mol. The van der Waals surface area contributed by atoms with Gasteiger partial charge in [-0.05, 0) is 12.0 Å². The Balaban J connectivity index is 2.23. The standard InChI is InChI=1S/C13H17N3O/c1-2-6-13-12(10-17)14-15-16(13)9-11-7-4-3-5-8-11/h3-5,7-8,17H,2,6,9-10H2,1H3. The molecule has 1 aromatic heterocycles. The maximum Gasteiger partial charge on any atom is 0.111 e. The number of nitrogens with zero attached hydrogens (tertiary/aromatic N) is 3. The summed E-state index contributed by atoms with van der Waals surface area (Å²) >= 11 is 0.